The van der Waals surface area contributed by atoms with Crippen molar-refractivity contribution in [1.29, 1.82) is 0 Å². The summed E-state index contributed by atoms with van der Waals surface area (Å²) in [7, 11) is -3.67. The molecule has 0 spiro atoms. The number of halogens is 2. The van der Waals surface area contributed by atoms with Crippen LogP contribution >= 0.6 is 23.2 Å². The van der Waals surface area contributed by atoms with E-state index in [1.54, 1.807) is 92.8 Å². The molecule has 7 heterocycles. The van der Waals surface area contributed by atoms with Crippen molar-refractivity contribution in [3.63, 3.8) is 0 Å². The topological polar surface area (TPSA) is 189 Å². The Morgan fingerprint density at radius 3 is 1.21 bits per heavy atom. The number of hydrogen-bond donors (Lipinski definition) is 4. The zero-order valence-corrected chi connectivity index (χ0v) is 65.6. The molecule has 13 rings (SSSR count). The number of aryl methyl sites for hydroxylation is 3. The molecule has 0 atom stereocenters. The largest absolute Gasteiger partial charge is 0.399 e. The first-order valence-electron chi connectivity index (χ1n) is 37.1. The van der Waals surface area contributed by atoms with E-state index in [0.29, 0.717) is 12.1 Å². The normalized spacial score (nSPS) is 12.2. The van der Waals surface area contributed by atoms with Gasteiger partial charge >= 0.3 is 0 Å². The van der Waals surface area contributed by atoms with Gasteiger partial charge in [0.05, 0.1) is 11.5 Å². The molecule has 0 aliphatic carbocycles. The Bertz CT molecular complexity index is 4370. The van der Waals surface area contributed by atoms with Crippen LogP contribution in [-0.4, -0.2) is 114 Å². The Kier molecular flexibility index (Phi) is 42.4. The van der Waals surface area contributed by atoms with Crippen LogP contribution in [0.25, 0.3) is 38.9 Å². The number of nitrogens with one attached hydrogen (secondary N) is 3. The number of pyridine rings is 3. The maximum atomic E-state index is 12.1. The zero-order valence-electron chi connectivity index (χ0n) is 63.2. The van der Waals surface area contributed by atoms with Crippen molar-refractivity contribution in [2.45, 2.75) is 126 Å². The van der Waals surface area contributed by atoms with Gasteiger partial charge in [0.25, 0.3) is 26.8 Å². The van der Waals surface area contributed by atoms with Gasteiger partial charge in [-0.3, -0.25) is 37.2 Å². The highest BCUT2D eigenvalue weighted by molar-refractivity contribution is 7.86. The number of anilines is 3. The Labute approximate surface area is 629 Å². The van der Waals surface area contributed by atoms with Crippen molar-refractivity contribution in [3.8, 4) is 17.1 Å². The molecular formula is C85H114Cl2N10O6S. The number of nitrogens with two attached hydrogens (primary N) is 1. The van der Waals surface area contributed by atoms with E-state index >= 15 is 0 Å². The van der Waals surface area contributed by atoms with Crippen LogP contribution in [-0.2, 0) is 27.1 Å². The van der Waals surface area contributed by atoms with Crippen LogP contribution < -0.4 is 37.5 Å². The van der Waals surface area contributed by atoms with Gasteiger partial charge < -0.3 is 30.8 Å². The molecule has 0 saturated carbocycles. The maximum Gasteiger partial charge on any atom is 0.296 e. The first-order valence-corrected chi connectivity index (χ1v) is 39.6. The van der Waals surface area contributed by atoms with Crippen LogP contribution in [0.1, 0.15) is 118 Å². The number of benzene rings is 6. The van der Waals surface area contributed by atoms with Crippen molar-refractivity contribution in [2.75, 3.05) is 92.8 Å². The van der Waals surface area contributed by atoms with Crippen LogP contribution in [0.4, 0.5) is 17.1 Å². The molecule has 16 nitrogen and oxygen atoms in total. The summed E-state index contributed by atoms with van der Waals surface area (Å²) in [6.45, 7) is 31.6. The number of para-hydroxylation sites is 2. The summed E-state index contributed by atoms with van der Waals surface area (Å²) in [6.07, 6.45) is 16.6. The number of aromatic nitrogens is 5. The van der Waals surface area contributed by atoms with Crippen LogP contribution in [0.2, 0.25) is 0 Å². The number of nitrogens with zero attached hydrogens (tertiary/aromatic N) is 6. The van der Waals surface area contributed by atoms with E-state index in [1.165, 1.54) is 57.7 Å². The van der Waals surface area contributed by atoms with Gasteiger partial charge in [-0.1, -0.05) is 148 Å². The Morgan fingerprint density at radius 1 is 0.423 bits per heavy atom. The highest BCUT2D eigenvalue weighted by atomic mass is 35.5. The second-order valence-corrected chi connectivity index (χ2v) is 25.2. The molecule has 104 heavy (non-hydrogen) atoms. The molecule has 0 radical (unpaired) electrons. The summed E-state index contributed by atoms with van der Waals surface area (Å²) >= 11 is 10.8. The first kappa shape index (κ1) is 87.5. The molecule has 2 aliphatic heterocycles. The molecule has 19 heteroatoms. The minimum absolute atomic E-state index is 0.00239. The summed E-state index contributed by atoms with van der Waals surface area (Å²) in [5.74, 6) is 1.55. The third-order valence-electron chi connectivity index (χ3n) is 16.3. The van der Waals surface area contributed by atoms with Gasteiger partial charge in [0, 0.05) is 169 Å². The lowest BCUT2D eigenvalue weighted by molar-refractivity contribution is 0.255. The number of hydrogen-bond acceptors (Lipinski definition) is 11. The number of nitrogen functional groups attached to an aromatic ring is 1. The second kappa shape index (κ2) is 50.5. The quantitative estimate of drug-likeness (QED) is 0.0261. The van der Waals surface area contributed by atoms with Crippen LogP contribution in [0.5, 0.6) is 0 Å². The van der Waals surface area contributed by atoms with E-state index in [2.05, 4.69) is 90.8 Å². The highest BCUT2D eigenvalue weighted by Gasteiger charge is 2.19. The number of alkyl halides is 2. The van der Waals surface area contributed by atoms with E-state index in [0.717, 1.165) is 124 Å². The molecule has 2 fully saturated rings. The van der Waals surface area contributed by atoms with E-state index in [1.807, 2.05) is 161 Å². The minimum atomic E-state index is -3.67. The number of H-pyrrole nitrogens is 2. The van der Waals surface area contributed by atoms with Crippen molar-refractivity contribution in [2.24, 2.45) is 0 Å². The Balaban J connectivity index is 0.000000281. The van der Waals surface area contributed by atoms with Gasteiger partial charge in [0.1, 0.15) is 0 Å². The van der Waals surface area contributed by atoms with Crippen molar-refractivity contribution < 1.29 is 12.6 Å². The van der Waals surface area contributed by atoms with Gasteiger partial charge in [-0.25, -0.2) is 0 Å². The SMILES string of the molecule is CC.CC.CC.CC.CC.Cc1ccc(S(=O)(=O)OCCCc2c[nH]c3ccccc23)cc1.ClCCCCCCl.Nc1ccc(-n2ccccc2=O)cc1.O=c1ccccn1-c1ccc(N2CCN(CCCc3c[nH]c4ccccc34)CC2)cc1.O=c1ccccn1-c1ccc(N2CCNCC2)cc1. The Hall–Kier alpha value is -8.94. The molecule has 2 aliphatic rings. The fraction of sp³-hybridized carbons (Fsp3) is 0.353. The van der Waals surface area contributed by atoms with Crippen molar-refractivity contribution >= 4 is 72.2 Å². The summed E-state index contributed by atoms with van der Waals surface area (Å²) in [5, 5.41) is 5.87. The average Bonchev–Trinajstić information content (AvgIpc) is 1.73. The number of piperazine rings is 2. The number of fused-ring (bicyclic) bond motifs is 2. The smallest absolute Gasteiger partial charge is 0.296 e. The molecule has 6 aromatic carbocycles. The second-order valence-electron chi connectivity index (χ2n) is 22.9. The lowest BCUT2D eigenvalue weighted by atomic mass is 10.1. The molecular weight excluding hydrogens is 1360 g/mol. The summed E-state index contributed by atoms with van der Waals surface area (Å²) < 4.78 is 34.2. The van der Waals surface area contributed by atoms with E-state index in [-0.39, 0.29) is 28.2 Å². The lowest BCUT2D eigenvalue weighted by Gasteiger charge is -2.36. The molecule has 5 N–H and O–H groups in total. The Morgan fingerprint density at radius 2 is 0.798 bits per heavy atom. The number of unbranched alkanes of at least 4 members (excludes halogenated alkanes) is 2. The van der Waals surface area contributed by atoms with Gasteiger partial charge in [0.15, 0.2) is 0 Å². The fourth-order valence-corrected chi connectivity index (χ4v) is 12.4. The summed E-state index contributed by atoms with van der Waals surface area (Å²) in [5.41, 5.74) is 17.2. The molecule has 11 aromatic rings. The monoisotopic (exact) mass is 1470 g/mol. The first-order chi connectivity index (χ1) is 50.9. The maximum absolute atomic E-state index is 12.1. The zero-order chi connectivity index (χ0) is 75.9. The van der Waals surface area contributed by atoms with Gasteiger partial charge in [-0.2, -0.15) is 8.42 Å². The van der Waals surface area contributed by atoms with E-state index < -0.39 is 10.1 Å². The fourth-order valence-electron chi connectivity index (χ4n) is 11.1. The van der Waals surface area contributed by atoms with Crippen molar-refractivity contribution in [3.05, 3.63) is 279 Å². The molecule has 0 amide bonds. The number of rotatable bonds is 19. The molecule has 560 valence electrons. The highest BCUT2D eigenvalue weighted by Crippen LogP contribution is 2.24. The third kappa shape index (κ3) is 28.6. The predicted octanol–water partition coefficient (Wildman–Crippen LogP) is 18.3. The van der Waals surface area contributed by atoms with E-state index in [9.17, 15) is 22.8 Å². The van der Waals surface area contributed by atoms with E-state index in [4.69, 9.17) is 33.1 Å². The standard InChI is InChI=1S/C26H28N4O.C18H19NO3S.C15H17N3O.C11H10N2O.C5H10Cl2.5C2H6/c31-26-9-3-4-15-30(26)23-12-10-22(11-13-23)29-18-16-28(17-19-29)14-5-6-21-20-27-25-8-2-1-7-24(21)25;1-14-8-10-16(11-9-14)23(20,21)22-12-4-5-15-13-19-18-7-3-2-6-17(15)18;19-15-3-1-2-10-18(15)14-6-4-13(5-7-14)17-11-8-16-9-12-17;12-9-4-6-10(7-5-9)13-8-2-1-3-11(13)14;6-4-2-1-3-5-7;5*1-2/h1-4,7-13,15,20,27H,5-6,14,16-19H2;2-3,6-11,13,19H,4-5,12H2,1H3;1-7,10,16H,8-9,11-12H2;1-8H,12H2;1-5H2;5*1-2H3. The molecule has 0 unspecified atom stereocenters. The van der Waals surface area contributed by atoms with Gasteiger partial charge in [-0.05, 0) is 178 Å². The third-order valence-corrected chi connectivity index (χ3v) is 18.2. The summed E-state index contributed by atoms with van der Waals surface area (Å²) in [6, 6.07) is 62.5. The minimum Gasteiger partial charge on any atom is -0.399 e. The van der Waals surface area contributed by atoms with Gasteiger partial charge in [0.2, 0.25) is 0 Å². The molecule has 2 saturated heterocycles. The molecule has 5 aromatic heterocycles. The van der Waals surface area contributed by atoms with Crippen LogP contribution in [0.3, 0.4) is 0 Å². The van der Waals surface area contributed by atoms with Crippen LogP contribution in [0, 0.1) is 6.92 Å². The average molecular weight is 1470 g/mol. The van der Waals surface area contributed by atoms with Crippen molar-refractivity contribution in [1.82, 2.24) is 33.9 Å². The predicted molar refractivity (Wildman–Crippen MR) is 444 cm³/mol. The number of aromatic amines is 2. The lowest BCUT2D eigenvalue weighted by Crippen LogP contribution is -2.46. The summed E-state index contributed by atoms with van der Waals surface area (Å²) in [4.78, 5) is 49.4. The van der Waals surface area contributed by atoms with Gasteiger partial charge in [-0.15, -0.1) is 23.2 Å². The van der Waals surface area contributed by atoms with Crippen LogP contribution in [0.15, 0.2) is 250 Å². The molecule has 0 bridgehead atoms.